The van der Waals surface area contributed by atoms with Gasteiger partial charge in [0.1, 0.15) is 5.82 Å². The van der Waals surface area contributed by atoms with E-state index >= 15 is 0 Å². The first-order valence-electron chi connectivity index (χ1n) is 7.49. The second-order valence-corrected chi connectivity index (χ2v) is 5.49. The normalized spacial score (nSPS) is 18.6. The minimum Gasteiger partial charge on any atom is -0.433 e. The van der Waals surface area contributed by atoms with E-state index in [2.05, 4.69) is 10.3 Å². The summed E-state index contributed by atoms with van der Waals surface area (Å²) >= 11 is 0. The van der Waals surface area contributed by atoms with Crippen molar-refractivity contribution < 1.29 is 13.9 Å². The molecule has 0 radical (unpaired) electrons. The first-order chi connectivity index (χ1) is 11.7. The lowest BCUT2D eigenvalue weighted by atomic mass is 10.0. The fraction of sp³-hybridized carbons (Fsp3) is 0.0526. The minimum atomic E-state index is -0.604. The zero-order valence-electron chi connectivity index (χ0n) is 12.6. The van der Waals surface area contributed by atoms with Gasteiger partial charge < -0.3 is 4.74 Å². The number of carbonyl (C=O) groups excluding carboxylic acids is 1. The maximum absolute atomic E-state index is 13.0. The zero-order chi connectivity index (χ0) is 16.5. The number of alkyl carbamates (subject to hydrolysis) is 1. The number of ether oxygens (including phenoxy) is 1. The molecule has 3 aromatic rings. The van der Waals surface area contributed by atoms with E-state index in [1.54, 1.807) is 12.1 Å². The molecule has 0 bridgehead atoms. The lowest BCUT2D eigenvalue weighted by Crippen LogP contribution is -2.21. The van der Waals surface area contributed by atoms with Crippen molar-refractivity contribution in [3.05, 3.63) is 78.1 Å². The molecule has 1 heterocycles. The Morgan fingerprint density at radius 1 is 0.958 bits per heavy atom. The number of halogens is 1. The van der Waals surface area contributed by atoms with Crippen molar-refractivity contribution in [2.45, 2.75) is 6.10 Å². The van der Waals surface area contributed by atoms with Gasteiger partial charge in [0.05, 0.1) is 5.69 Å². The van der Waals surface area contributed by atoms with Crippen LogP contribution in [-0.4, -0.2) is 11.9 Å². The molecular formula is C19H13FN2O2. The van der Waals surface area contributed by atoms with E-state index in [0.29, 0.717) is 11.5 Å². The third kappa shape index (κ3) is 2.72. The Bertz CT molecular complexity index is 951. The van der Waals surface area contributed by atoms with Gasteiger partial charge in [-0.05, 0) is 41.1 Å². The summed E-state index contributed by atoms with van der Waals surface area (Å²) in [6.45, 7) is 0. The molecule has 5 heteroatoms. The Morgan fingerprint density at radius 3 is 2.50 bits per heavy atom. The molecule has 1 aliphatic rings. The Morgan fingerprint density at radius 2 is 1.71 bits per heavy atom. The van der Waals surface area contributed by atoms with E-state index in [1.807, 2.05) is 42.5 Å². The van der Waals surface area contributed by atoms with Crippen molar-refractivity contribution in [2.24, 2.45) is 4.99 Å². The van der Waals surface area contributed by atoms with E-state index in [1.165, 1.54) is 12.1 Å². The summed E-state index contributed by atoms with van der Waals surface area (Å²) in [5.41, 5.74) is 1.37. The predicted octanol–water partition coefficient (Wildman–Crippen LogP) is 4.49. The average molecular weight is 320 g/mol. The highest BCUT2D eigenvalue weighted by Gasteiger charge is 2.31. The number of hydrogen-bond acceptors (Lipinski definition) is 3. The van der Waals surface area contributed by atoms with Crippen molar-refractivity contribution in [2.75, 3.05) is 0 Å². The molecule has 4 nitrogen and oxygen atoms in total. The molecule has 3 aromatic carbocycles. The smallest absolute Gasteiger partial charge is 0.413 e. The van der Waals surface area contributed by atoms with Crippen LogP contribution in [0.5, 0.6) is 0 Å². The number of amidine groups is 1. The maximum Gasteiger partial charge on any atom is 0.413 e. The van der Waals surface area contributed by atoms with E-state index in [4.69, 9.17) is 4.74 Å². The summed E-state index contributed by atoms with van der Waals surface area (Å²) in [6, 6.07) is 19.5. The number of aliphatic imine (C=N–C) groups is 1. The predicted molar refractivity (Wildman–Crippen MR) is 89.8 cm³/mol. The largest absolute Gasteiger partial charge is 0.433 e. The fourth-order valence-corrected chi connectivity index (χ4v) is 2.70. The molecule has 0 saturated carbocycles. The lowest BCUT2D eigenvalue weighted by Gasteiger charge is -2.10. The van der Waals surface area contributed by atoms with Crippen LogP contribution in [0.2, 0.25) is 0 Å². The molecule has 24 heavy (non-hydrogen) atoms. The SMILES string of the molecule is O=C1NC(=Nc2ccc(F)cc2)C(c2ccc3ccccc3c2)O1. The molecule has 1 atom stereocenters. The van der Waals surface area contributed by atoms with Crippen LogP contribution < -0.4 is 5.32 Å². The summed E-state index contributed by atoms with van der Waals surface area (Å²) in [5, 5.41) is 4.77. The van der Waals surface area contributed by atoms with Gasteiger partial charge in [0.2, 0.25) is 0 Å². The number of cyclic esters (lactones) is 1. The Kier molecular flexibility index (Phi) is 3.46. The number of fused-ring (bicyclic) bond motifs is 1. The topological polar surface area (TPSA) is 50.7 Å². The quantitative estimate of drug-likeness (QED) is 0.756. The number of benzene rings is 3. The van der Waals surface area contributed by atoms with Crippen molar-refractivity contribution in [1.29, 1.82) is 0 Å². The molecule has 4 rings (SSSR count). The third-order valence-electron chi connectivity index (χ3n) is 3.86. The third-order valence-corrected chi connectivity index (χ3v) is 3.86. The van der Waals surface area contributed by atoms with Crippen molar-refractivity contribution >= 4 is 28.4 Å². The second kappa shape index (κ2) is 5.77. The standard InChI is InChI=1S/C19H13FN2O2/c20-15-7-9-16(10-8-15)21-18-17(24-19(23)22-18)14-6-5-12-3-1-2-4-13(12)11-14/h1-11,17H,(H,21,22,23). The number of nitrogens with one attached hydrogen (secondary N) is 1. The van der Waals surface area contributed by atoms with Gasteiger partial charge in [0, 0.05) is 5.56 Å². The van der Waals surface area contributed by atoms with E-state index < -0.39 is 12.2 Å². The van der Waals surface area contributed by atoms with Gasteiger partial charge in [0.15, 0.2) is 11.9 Å². The molecule has 0 aliphatic carbocycles. The highest BCUT2D eigenvalue weighted by atomic mass is 19.1. The van der Waals surface area contributed by atoms with Gasteiger partial charge in [-0.1, -0.05) is 36.4 Å². The molecule has 0 spiro atoms. The lowest BCUT2D eigenvalue weighted by molar-refractivity contribution is 0.150. The Hall–Kier alpha value is -3.21. The first-order valence-corrected chi connectivity index (χ1v) is 7.49. The van der Waals surface area contributed by atoms with Crippen LogP contribution >= 0.6 is 0 Å². The number of rotatable bonds is 2. The molecule has 118 valence electrons. The molecule has 0 aromatic heterocycles. The van der Waals surface area contributed by atoms with Gasteiger partial charge in [-0.25, -0.2) is 14.2 Å². The van der Waals surface area contributed by atoms with Crippen LogP contribution in [0.1, 0.15) is 11.7 Å². The van der Waals surface area contributed by atoms with Crippen LogP contribution in [0.15, 0.2) is 71.7 Å². The molecule has 1 fully saturated rings. The minimum absolute atomic E-state index is 0.336. The number of amides is 1. The van der Waals surface area contributed by atoms with Gasteiger partial charge in [0.25, 0.3) is 0 Å². The van der Waals surface area contributed by atoms with E-state index in [0.717, 1.165) is 16.3 Å². The van der Waals surface area contributed by atoms with Gasteiger partial charge >= 0.3 is 6.09 Å². The van der Waals surface area contributed by atoms with Crippen LogP contribution in [0, 0.1) is 5.82 Å². The summed E-state index contributed by atoms with van der Waals surface area (Å²) in [4.78, 5) is 16.1. The van der Waals surface area contributed by atoms with Gasteiger partial charge in [-0.15, -0.1) is 0 Å². The van der Waals surface area contributed by atoms with Crippen LogP contribution in [0.3, 0.4) is 0 Å². The van der Waals surface area contributed by atoms with Gasteiger partial charge in [-0.3, -0.25) is 5.32 Å². The number of carbonyl (C=O) groups is 1. The first kappa shape index (κ1) is 14.4. The highest BCUT2D eigenvalue weighted by molar-refractivity contribution is 6.05. The average Bonchev–Trinajstić information content (AvgIpc) is 2.97. The zero-order valence-corrected chi connectivity index (χ0v) is 12.6. The molecule has 1 saturated heterocycles. The van der Waals surface area contributed by atoms with Crippen molar-refractivity contribution in [3.63, 3.8) is 0 Å². The summed E-state index contributed by atoms with van der Waals surface area (Å²) in [6.07, 6.45) is -1.15. The van der Waals surface area contributed by atoms with Crippen LogP contribution in [0.4, 0.5) is 14.9 Å². The molecule has 1 amide bonds. The summed E-state index contributed by atoms with van der Waals surface area (Å²) < 4.78 is 18.4. The molecule has 1 aliphatic heterocycles. The Balaban J connectivity index is 1.73. The van der Waals surface area contributed by atoms with E-state index in [-0.39, 0.29) is 5.82 Å². The number of nitrogens with zero attached hydrogens (tertiary/aromatic N) is 1. The second-order valence-electron chi connectivity index (χ2n) is 5.49. The fourth-order valence-electron chi connectivity index (χ4n) is 2.70. The summed E-state index contributed by atoms with van der Waals surface area (Å²) in [7, 11) is 0. The molecule has 1 N–H and O–H groups in total. The van der Waals surface area contributed by atoms with Crippen LogP contribution in [-0.2, 0) is 4.74 Å². The monoisotopic (exact) mass is 320 g/mol. The van der Waals surface area contributed by atoms with E-state index in [9.17, 15) is 9.18 Å². The maximum atomic E-state index is 13.0. The summed E-state index contributed by atoms with van der Waals surface area (Å²) in [5.74, 6) is 0.0543. The van der Waals surface area contributed by atoms with Gasteiger partial charge in [-0.2, -0.15) is 0 Å². The number of hydrogen-bond donors (Lipinski definition) is 1. The molecular weight excluding hydrogens is 307 g/mol. The van der Waals surface area contributed by atoms with Crippen molar-refractivity contribution in [3.8, 4) is 0 Å². The highest BCUT2D eigenvalue weighted by Crippen LogP contribution is 2.28. The Labute approximate surface area is 137 Å². The molecule has 1 unspecified atom stereocenters. The van der Waals surface area contributed by atoms with Crippen LogP contribution in [0.25, 0.3) is 10.8 Å². The van der Waals surface area contributed by atoms with Crippen molar-refractivity contribution in [1.82, 2.24) is 5.32 Å².